The highest BCUT2D eigenvalue weighted by Crippen LogP contribution is 2.39. The lowest BCUT2D eigenvalue weighted by Gasteiger charge is -2.28. The van der Waals surface area contributed by atoms with Crippen LogP contribution in [-0.2, 0) is 4.74 Å². The van der Waals surface area contributed by atoms with E-state index in [4.69, 9.17) is 9.47 Å². The van der Waals surface area contributed by atoms with Gasteiger partial charge in [0.25, 0.3) is 0 Å². The van der Waals surface area contributed by atoms with Gasteiger partial charge in [-0.25, -0.2) is 4.39 Å². The first-order valence-corrected chi connectivity index (χ1v) is 6.63. The zero-order valence-corrected chi connectivity index (χ0v) is 12.2. The molecule has 1 aliphatic rings. The summed E-state index contributed by atoms with van der Waals surface area (Å²) in [6.07, 6.45) is 0.342. The van der Waals surface area contributed by atoms with E-state index in [0.29, 0.717) is 6.42 Å². The van der Waals surface area contributed by atoms with E-state index >= 15 is 0 Å². The molecular weight excluding hydrogens is 262 g/mol. The van der Waals surface area contributed by atoms with Gasteiger partial charge in [-0.1, -0.05) is 6.07 Å². The van der Waals surface area contributed by atoms with Crippen molar-refractivity contribution in [1.82, 2.24) is 0 Å². The molecule has 110 valence electrons. The van der Waals surface area contributed by atoms with Crippen LogP contribution in [0.25, 0.3) is 0 Å². The van der Waals surface area contributed by atoms with Crippen LogP contribution in [0.1, 0.15) is 34.1 Å². The second-order valence-electron chi connectivity index (χ2n) is 6.33. The maximum absolute atomic E-state index is 13.4. The Bertz CT molecular complexity index is 502. The van der Waals surface area contributed by atoms with Crippen LogP contribution in [0.2, 0.25) is 0 Å². The smallest absolute Gasteiger partial charge is 0.488 e. The molecule has 0 saturated carbocycles. The molecule has 1 aromatic carbocycles. The number of halogens is 1. The number of ether oxygens (including phenoxy) is 2. The van der Waals surface area contributed by atoms with Crippen molar-refractivity contribution in [3.8, 4) is 5.75 Å². The molecule has 0 aliphatic carbocycles. The molecule has 2 rings (SSSR count). The third kappa shape index (κ3) is 3.14. The lowest BCUT2D eigenvalue weighted by molar-refractivity contribution is -0.0845. The van der Waals surface area contributed by atoms with E-state index in [0.717, 1.165) is 6.07 Å². The predicted molar refractivity (Wildman–Crippen MR) is 74.5 cm³/mol. The molecule has 1 aliphatic heterocycles. The molecule has 1 unspecified atom stereocenters. The minimum absolute atomic E-state index is 0.138. The molecular formula is C14H20BFO4. The van der Waals surface area contributed by atoms with Gasteiger partial charge in [-0.05, 0) is 33.8 Å². The van der Waals surface area contributed by atoms with Gasteiger partial charge >= 0.3 is 7.12 Å². The summed E-state index contributed by atoms with van der Waals surface area (Å²) in [6.45, 7) is 7.73. The number of hydrogen-bond acceptors (Lipinski definition) is 4. The molecule has 0 spiro atoms. The maximum atomic E-state index is 13.4. The van der Waals surface area contributed by atoms with Crippen molar-refractivity contribution in [2.24, 2.45) is 0 Å². The van der Waals surface area contributed by atoms with Crippen LogP contribution >= 0.6 is 0 Å². The van der Waals surface area contributed by atoms with Gasteiger partial charge in [-0.2, -0.15) is 0 Å². The first-order chi connectivity index (χ1) is 9.11. The standard InChI is InChI=1S/C14H20BFO4/c1-13(2)8-12(14(3,4)20-13)19-11-7-9(16)5-6-10(11)15(17)18/h5-7,12,17-18H,8H2,1-4H3. The predicted octanol–water partition coefficient (Wildman–Crippen LogP) is 1.23. The molecule has 2 N–H and O–H groups in total. The highest BCUT2D eigenvalue weighted by Gasteiger charge is 2.47. The van der Waals surface area contributed by atoms with Crippen LogP contribution in [0.5, 0.6) is 5.75 Å². The van der Waals surface area contributed by atoms with Crippen molar-refractivity contribution in [3.63, 3.8) is 0 Å². The SMILES string of the molecule is CC1(C)CC(Oc2cc(F)ccc2B(O)O)C(C)(C)O1. The Morgan fingerprint density at radius 1 is 1.30 bits per heavy atom. The number of rotatable bonds is 3. The molecule has 1 atom stereocenters. The molecule has 0 aromatic heterocycles. The average molecular weight is 282 g/mol. The summed E-state index contributed by atoms with van der Waals surface area (Å²) in [7, 11) is -1.70. The Kier molecular flexibility index (Phi) is 3.84. The Morgan fingerprint density at radius 3 is 2.45 bits per heavy atom. The highest BCUT2D eigenvalue weighted by molar-refractivity contribution is 6.59. The van der Waals surface area contributed by atoms with E-state index < -0.39 is 18.5 Å². The second-order valence-corrected chi connectivity index (χ2v) is 6.33. The van der Waals surface area contributed by atoms with Crippen LogP contribution in [0, 0.1) is 5.82 Å². The zero-order valence-electron chi connectivity index (χ0n) is 12.2. The summed E-state index contributed by atoms with van der Waals surface area (Å²) in [6, 6.07) is 3.64. The van der Waals surface area contributed by atoms with Gasteiger partial charge in [0.15, 0.2) is 0 Å². The molecule has 1 heterocycles. The third-order valence-electron chi connectivity index (χ3n) is 3.51. The summed E-state index contributed by atoms with van der Waals surface area (Å²) < 4.78 is 25.1. The lowest BCUT2D eigenvalue weighted by atomic mass is 9.79. The normalized spacial score (nSPS) is 23.6. The van der Waals surface area contributed by atoms with Gasteiger partial charge < -0.3 is 19.5 Å². The number of benzene rings is 1. The molecule has 1 saturated heterocycles. The van der Waals surface area contributed by atoms with Gasteiger partial charge in [0, 0.05) is 17.9 Å². The van der Waals surface area contributed by atoms with Crippen molar-refractivity contribution in [3.05, 3.63) is 24.0 Å². The van der Waals surface area contributed by atoms with Crippen molar-refractivity contribution in [2.75, 3.05) is 0 Å². The fraction of sp³-hybridized carbons (Fsp3) is 0.571. The third-order valence-corrected chi connectivity index (χ3v) is 3.51. The fourth-order valence-corrected chi connectivity index (χ4v) is 2.67. The Balaban J connectivity index is 2.28. The summed E-state index contributed by atoms with van der Waals surface area (Å²) in [5, 5.41) is 18.6. The van der Waals surface area contributed by atoms with Crippen molar-refractivity contribution < 1.29 is 23.9 Å². The van der Waals surface area contributed by atoms with Crippen molar-refractivity contribution in [2.45, 2.75) is 51.4 Å². The Labute approximate surface area is 118 Å². The Morgan fingerprint density at radius 2 is 1.95 bits per heavy atom. The van der Waals surface area contributed by atoms with Crippen LogP contribution in [-0.4, -0.2) is 34.5 Å². The van der Waals surface area contributed by atoms with Gasteiger partial charge in [0.2, 0.25) is 0 Å². The first kappa shape index (κ1) is 15.3. The summed E-state index contributed by atoms with van der Waals surface area (Å²) in [5.74, 6) is -0.347. The van der Waals surface area contributed by atoms with Crippen LogP contribution in [0.15, 0.2) is 18.2 Å². The maximum Gasteiger partial charge on any atom is 0.492 e. The molecule has 1 aromatic rings. The molecule has 4 nitrogen and oxygen atoms in total. The topological polar surface area (TPSA) is 58.9 Å². The van der Waals surface area contributed by atoms with Crippen LogP contribution in [0.3, 0.4) is 0 Å². The monoisotopic (exact) mass is 282 g/mol. The average Bonchev–Trinajstić information content (AvgIpc) is 2.46. The highest BCUT2D eigenvalue weighted by atomic mass is 19.1. The van der Waals surface area contributed by atoms with E-state index in [9.17, 15) is 14.4 Å². The second kappa shape index (κ2) is 5.02. The minimum atomic E-state index is -1.70. The van der Waals surface area contributed by atoms with Gasteiger partial charge in [0.05, 0.1) is 5.60 Å². The van der Waals surface area contributed by atoms with E-state index in [1.807, 2.05) is 27.7 Å². The van der Waals surface area contributed by atoms with Crippen molar-refractivity contribution in [1.29, 1.82) is 0 Å². The van der Waals surface area contributed by atoms with Crippen LogP contribution < -0.4 is 10.2 Å². The Hall–Kier alpha value is -1.11. The molecule has 0 radical (unpaired) electrons. The van der Waals surface area contributed by atoms with E-state index in [1.54, 1.807) is 0 Å². The lowest BCUT2D eigenvalue weighted by Crippen LogP contribution is -2.39. The molecule has 0 bridgehead atoms. The quantitative estimate of drug-likeness (QED) is 0.819. The summed E-state index contributed by atoms with van der Waals surface area (Å²) in [5.41, 5.74) is -0.723. The molecule has 6 heteroatoms. The van der Waals surface area contributed by atoms with Gasteiger partial charge in [0.1, 0.15) is 23.3 Å². The van der Waals surface area contributed by atoms with E-state index in [-0.39, 0.29) is 22.9 Å². The van der Waals surface area contributed by atoms with Crippen LogP contribution in [0.4, 0.5) is 4.39 Å². The minimum Gasteiger partial charge on any atom is -0.488 e. The fourth-order valence-electron chi connectivity index (χ4n) is 2.67. The molecule has 0 amide bonds. The number of hydrogen-bond donors (Lipinski definition) is 2. The largest absolute Gasteiger partial charge is 0.492 e. The first-order valence-electron chi connectivity index (χ1n) is 6.63. The summed E-state index contributed by atoms with van der Waals surface area (Å²) >= 11 is 0. The molecule has 1 fully saturated rings. The molecule has 20 heavy (non-hydrogen) atoms. The van der Waals surface area contributed by atoms with Gasteiger partial charge in [-0.3, -0.25) is 0 Å². The van der Waals surface area contributed by atoms with E-state index in [1.165, 1.54) is 12.1 Å². The van der Waals surface area contributed by atoms with Gasteiger partial charge in [-0.15, -0.1) is 0 Å². The summed E-state index contributed by atoms with van der Waals surface area (Å²) in [4.78, 5) is 0. The zero-order chi connectivity index (χ0) is 15.1. The van der Waals surface area contributed by atoms with E-state index in [2.05, 4.69) is 0 Å². The van der Waals surface area contributed by atoms with Crippen molar-refractivity contribution >= 4 is 12.6 Å².